The van der Waals surface area contributed by atoms with Crippen molar-refractivity contribution in [3.05, 3.63) is 58.3 Å². The van der Waals surface area contributed by atoms with Crippen molar-refractivity contribution < 1.29 is 4.79 Å². The van der Waals surface area contributed by atoms with Gasteiger partial charge in [0.1, 0.15) is 0 Å². The summed E-state index contributed by atoms with van der Waals surface area (Å²) >= 11 is 7.41. The second-order valence-electron chi connectivity index (χ2n) is 4.73. The van der Waals surface area contributed by atoms with E-state index in [4.69, 9.17) is 11.6 Å². The molecule has 1 amide bonds. The Bertz CT molecular complexity index is 719. The van der Waals surface area contributed by atoms with Crippen LogP contribution in [-0.4, -0.2) is 15.3 Å². The van der Waals surface area contributed by atoms with Crippen LogP contribution in [0.15, 0.2) is 42.0 Å². The highest BCUT2D eigenvalue weighted by Gasteiger charge is 2.06. The molecule has 0 radical (unpaired) electrons. The van der Waals surface area contributed by atoms with E-state index in [1.54, 1.807) is 11.3 Å². The first-order valence-corrected chi connectivity index (χ1v) is 7.89. The van der Waals surface area contributed by atoms with Gasteiger partial charge in [-0.1, -0.05) is 23.7 Å². The van der Waals surface area contributed by atoms with Gasteiger partial charge in [0, 0.05) is 29.2 Å². The highest BCUT2D eigenvalue weighted by molar-refractivity contribution is 7.15. The molecule has 0 aliphatic carbocycles. The third-order valence-electron chi connectivity index (χ3n) is 3.16. The molecule has 0 saturated carbocycles. The molecule has 0 bridgehead atoms. The minimum Gasteiger partial charge on any atom is -0.350 e. The standard InChI is InChI=1S/C15H14ClN3OS/c16-12-4-1-11(2-5-12)3-6-14(20)17-9-13-10-19-7-8-21-15(19)18-13/h1-2,4-5,7-8,10H,3,6,9H2,(H,17,20). The summed E-state index contributed by atoms with van der Waals surface area (Å²) in [6.07, 6.45) is 5.06. The van der Waals surface area contributed by atoms with E-state index in [1.165, 1.54) is 0 Å². The Morgan fingerprint density at radius 3 is 2.90 bits per heavy atom. The maximum atomic E-state index is 11.8. The molecule has 1 N–H and O–H groups in total. The maximum absolute atomic E-state index is 11.8. The third-order valence-corrected chi connectivity index (χ3v) is 4.19. The Labute approximate surface area is 131 Å². The number of rotatable bonds is 5. The van der Waals surface area contributed by atoms with Crippen LogP contribution in [0.25, 0.3) is 4.96 Å². The van der Waals surface area contributed by atoms with Gasteiger partial charge in [-0.15, -0.1) is 11.3 Å². The Morgan fingerprint density at radius 1 is 1.33 bits per heavy atom. The number of halogens is 1. The van der Waals surface area contributed by atoms with E-state index < -0.39 is 0 Å². The van der Waals surface area contributed by atoms with Crippen molar-refractivity contribution in [3.63, 3.8) is 0 Å². The van der Waals surface area contributed by atoms with E-state index in [2.05, 4.69) is 10.3 Å². The van der Waals surface area contributed by atoms with E-state index in [-0.39, 0.29) is 5.91 Å². The summed E-state index contributed by atoms with van der Waals surface area (Å²) in [4.78, 5) is 17.2. The number of carbonyl (C=O) groups excluding carboxylic acids is 1. The van der Waals surface area contributed by atoms with Gasteiger partial charge in [0.05, 0.1) is 12.2 Å². The summed E-state index contributed by atoms with van der Waals surface area (Å²) in [7, 11) is 0. The summed E-state index contributed by atoms with van der Waals surface area (Å²) < 4.78 is 1.96. The van der Waals surface area contributed by atoms with Crippen LogP contribution in [0.2, 0.25) is 5.02 Å². The van der Waals surface area contributed by atoms with Gasteiger partial charge in [-0.25, -0.2) is 4.98 Å². The number of benzene rings is 1. The van der Waals surface area contributed by atoms with Crippen LogP contribution in [0.4, 0.5) is 0 Å². The summed E-state index contributed by atoms with van der Waals surface area (Å²) in [5, 5.41) is 5.59. The van der Waals surface area contributed by atoms with Crippen LogP contribution in [0, 0.1) is 0 Å². The first-order valence-electron chi connectivity index (χ1n) is 6.63. The van der Waals surface area contributed by atoms with Crippen molar-refractivity contribution in [1.29, 1.82) is 0 Å². The molecule has 2 aromatic heterocycles. The van der Waals surface area contributed by atoms with E-state index in [9.17, 15) is 4.79 Å². The van der Waals surface area contributed by atoms with Crippen LogP contribution in [0.1, 0.15) is 17.7 Å². The molecule has 6 heteroatoms. The molecule has 108 valence electrons. The molecule has 21 heavy (non-hydrogen) atoms. The number of nitrogens with zero attached hydrogens (tertiary/aromatic N) is 2. The zero-order valence-electron chi connectivity index (χ0n) is 11.3. The number of aryl methyl sites for hydroxylation is 1. The zero-order valence-corrected chi connectivity index (χ0v) is 12.8. The predicted octanol–water partition coefficient (Wildman–Crippen LogP) is 3.30. The van der Waals surface area contributed by atoms with E-state index in [0.717, 1.165) is 16.2 Å². The fourth-order valence-corrected chi connectivity index (χ4v) is 2.89. The SMILES string of the molecule is O=C(CCc1ccc(Cl)cc1)NCc1cn2ccsc2n1. The average molecular weight is 320 g/mol. The number of hydrogen-bond donors (Lipinski definition) is 1. The van der Waals surface area contributed by atoms with Crippen LogP contribution >= 0.6 is 22.9 Å². The van der Waals surface area contributed by atoms with Gasteiger partial charge in [0.2, 0.25) is 5.91 Å². The Balaban J connectivity index is 1.48. The lowest BCUT2D eigenvalue weighted by atomic mass is 10.1. The molecule has 0 aliphatic heterocycles. The van der Waals surface area contributed by atoms with Gasteiger partial charge >= 0.3 is 0 Å². The van der Waals surface area contributed by atoms with Crippen LogP contribution in [-0.2, 0) is 17.8 Å². The van der Waals surface area contributed by atoms with Crippen molar-refractivity contribution in [1.82, 2.24) is 14.7 Å². The normalized spacial score (nSPS) is 10.9. The lowest BCUT2D eigenvalue weighted by molar-refractivity contribution is -0.121. The molecule has 1 aromatic carbocycles. The first-order chi connectivity index (χ1) is 10.2. The second-order valence-corrected chi connectivity index (χ2v) is 6.04. The monoisotopic (exact) mass is 319 g/mol. The van der Waals surface area contributed by atoms with Crippen molar-refractivity contribution in [2.24, 2.45) is 0 Å². The van der Waals surface area contributed by atoms with Gasteiger partial charge < -0.3 is 5.32 Å². The van der Waals surface area contributed by atoms with Crippen molar-refractivity contribution >= 4 is 33.8 Å². The molecule has 0 spiro atoms. The minimum absolute atomic E-state index is 0.0290. The van der Waals surface area contributed by atoms with Gasteiger partial charge in [0.25, 0.3) is 0 Å². The number of hydrogen-bond acceptors (Lipinski definition) is 3. The number of nitrogens with one attached hydrogen (secondary N) is 1. The smallest absolute Gasteiger partial charge is 0.220 e. The molecule has 2 heterocycles. The quantitative estimate of drug-likeness (QED) is 0.784. The first kappa shape index (κ1) is 14.1. The van der Waals surface area contributed by atoms with Gasteiger partial charge in [-0.05, 0) is 24.1 Å². The summed E-state index contributed by atoms with van der Waals surface area (Å²) in [6.45, 7) is 0.466. The number of carbonyl (C=O) groups is 1. The van der Waals surface area contributed by atoms with Crippen LogP contribution in [0.3, 0.4) is 0 Å². The number of aromatic nitrogens is 2. The van der Waals surface area contributed by atoms with E-state index in [1.807, 2.05) is 46.4 Å². The van der Waals surface area contributed by atoms with Crippen molar-refractivity contribution in [3.8, 4) is 0 Å². The Hall–Kier alpha value is -1.85. The molecule has 3 rings (SSSR count). The molecule has 0 saturated heterocycles. The van der Waals surface area contributed by atoms with Crippen molar-refractivity contribution in [2.45, 2.75) is 19.4 Å². The summed E-state index contributed by atoms with van der Waals surface area (Å²) in [5.74, 6) is 0.0290. The highest BCUT2D eigenvalue weighted by atomic mass is 35.5. The highest BCUT2D eigenvalue weighted by Crippen LogP contribution is 2.12. The van der Waals surface area contributed by atoms with Crippen LogP contribution < -0.4 is 5.32 Å². The Morgan fingerprint density at radius 2 is 2.14 bits per heavy atom. The molecule has 4 nitrogen and oxygen atoms in total. The van der Waals surface area contributed by atoms with E-state index >= 15 is 0 Å². The molecule has 0 fully saturated rings. The number of imidazole rings is 1. The fraction of sp³-hybridized carbons (Fsp3) is 0.200. The minimum atomic E-state index is 0.0290. The molecule has 0 aliphatic rings. The molecular weight excluding hydrogens is 306 g/mol. The van der Waals surface area contributed by atoms with Gasteiger partial charge in [-0.3, -0.25) is 9.20 Å². The number of fused-ring (bicyclic) bond motifs is 1. The third kappa shape index (κ3) is 3.62. The van der Waals surface area contributed by atoms with Gasteiger partial charge in [0.15, 0.2) is 4.96 Å². The van der Waals surface area contributed by atoms with Crippen molar-refractivity contribution in [2.75, 3.05) is 0 Å². The second kappa shape index (κ2) is 6.28. The molecular formula is C15H14ClN3OS. The predicted molar refractivity (Wildman–Crippen MR) is 84.7 cm³/mol. The van der Waals surface area contributed by atoms with Crippen LogP contribution in [0.5, 0.6) is 0 Å². The molecule has 0 unspecified atom stereocenters. The largest absolute Gasteiger partial charge is 0.350 e. The molecule has 0 atom stereocenters. The lowest BCUT2D eigenvalue weighted by Gasteiger charge is -2.03. The lowest BCUT2D eigenvalue weighted by Crippen LogP contribution is -2.23. The topological polar surface area (TPSA) is 46.4 Å². The van der Waals surface area contributed by atoms with E-state index in [0.29, 0.717) is 24.4 Å². The average Bonchev–Trinajstić information content (AvgIpc) is 3.05. The summed E-state index contributed by atoms with van der Waals surface area (Å²) in [5.41, 5.74) is 1.98. The Kier molecular flexibility index (Phi) is 4.22. The zero-order chi connectivity index (χ0) is 14.7. The maximum Gasteiger partial charge on any atom is 0.220 e. The number of thiazole rings is 1. The number of amides is 1. The molecule has 3 aromatic rings. The van der Waals surface area contributed by atoms with Gasteiger partial charge in [-0.2, -0.15) is 0 Å². The summed E-state index contributed by atoms with van der Waals surface area (Å²) in [6, 6.07) is 7.57. The fourth-order valence-electron chi connectivity index (χ4n) is 2.05.